The molecular weight excluding hydrogens is 230 g/mol. The van der Waals surface area contributed by atoms with E-state index in [-0.39, 0.29) is 6.10 Å². The zero-order chi connectivity index (χ0) is 13.3. The largest absolute Gasteiger partial charge is 0.490 e. The molecule has 1 aromatic carbocycles. The van der Waals surface area contributed by atoms with Gasteiger partial charge in [0.25, 0.3) is 0 Å². The summed E-state index contributed by atoms with van der Waals surface area (Å²) in [6, 6.07) is 3.73. The fraction of sp³-hybridized carbons (Fsp3) is 0.357. The summed E-state index contributed by atoms with van der Waals surface area (Å²) in [5, 5.41) is 0. The number of carbonyl (C=O) groups is 1. The van der Waals surface area contributed by atoms with Gasteiger partial charge in [-0.1, -0.05) is 6.58 Å². The van der Waals surface area contributed by atoms with Gasteiger partial charge in [0.1, 0.15) is 18.5 Å². The van der Waals surface area contributed by atoms with E-state index in [0.29, 0.717) is 12.2 Å². The lowest BCUT2D eigenvalue weighted by Crippen LogP contribution is -2.12. The van der Waals surface area contributed by atoms with Gasteiger partial charge in [-0.3, -0.25) is 4.79 Å². The second-order valence-corrected chi connectivity index (χ2v) is 4.55. The predicted octanol–water partition coefficient (Wildman–Crippen LogP) is 1.58. The lowest BCUT2D eigenvalue weighted by atomic mass is 10.0. The molecule has 1 saturated heterocycles. The van der Waals surface area contributed by atoms with E-state index >= 15 is 0 Å². The fourth-order valence-corrected chi connectivity index (χ4v) is 1.83. The number of amides is 1. The number of benzene rings is 1. The van der Waals surface area contributed by atoms with Crippen LogP contribution in [0.15, 0.2) is 18.7 Å². The standard InChI is InChI=1S/C14H17NO3/c1-8-4-11(10(3)14(15)16)5-9(2)13(8)18-7-12-6-17-12/h4-5,12H,3,6-7H2,1-2H3,(H2,15,16). The van der Waals surface area contributed by atoms with Gasteiger partial charge in [-0.05, 0) is 42.7 Å². The van der Waals surface area contributed by atoms with Crippen LogP contribution in [-0.4, -0.2) is 25.2 Å². The number of hydrogen-bond donors (Lipinski definition) is 1. The van der Waals surface area contributed by atoms with Gasteiger partial charge in [-0.2, -0.15) is 0 Å². The van der Waals surface area contributed by atoms with Crippen molar-refractivity contribution in [2.24, 2.45) is 5.73 Å². The lowest BCUT2D eigenvalue weighted by Gasteiger charge is -2.13. The molecule has 1 heterocycles. The van der Waals surface area contributed by atoms with Crippen molar-refractivity contribution in [1.82, 2.24) is 0 Å². The lowest BCUT2D eigenvalue weighted by molar-refractivity contribution is -0.112. The molecule has 1 aliphatic heterocycles. The Bertz CT molecular complexity index is 481. The Hall–Kier alpha value is -1.81. The van der Waals surface area contributed by atoms with Gasteiger partial charge < -0.3 is 15.2 Å². The molecule has 96 valence electrons. The molecular formula is C14H17NO3. The van der Waals surface area contributed by atoms with Crippen molar-refractivity contribution in [2.75, 3.05) is 13.2 Å². The van der Waals surface area contributed by atoms with Crippen molar-refractivity contribution in [2.45, 2.75) is 20.0 Å². The van der Waals surface area contributed by atoms with Gasteiger partial charge in [-0.15, -0.1) is 0 Å². The van der Waals surface area contributed by atoms with E-state index in [9.17, 15) is 4.79 Å². The second kappa shape index (κ2) is 4.82. The first-order chi connectivity index (χ1) is 8.49. The van der Waals surface area contributed by atoms with Crippen LogP contribution in [0, 0.1) is 13.8 Å². The third kappa shape index (κ3) is 2.71. The summed E-state index contributed by atoms with van der Waals surface area (Å²) in [5.41, 5.74) is 8.22. The van der Waals surface area contributed by atoms with E-state index in [1.54, 1.807) is 0 Å². The molecule has 1 aliphatic rings. The molecule has 0 aromatic heterocycles. The van der Waals surface area contributed by atoms with Gasteiger partial charge in [0.05, 0.1) is 6.61 Å². The Balaban J connectivity index is 2.22. The Morgan fingerprint density at radius 3 is 2.50 bits per heavy atom. The smallest absolute Gasteiger partial charge is 0.248 e. The molecule has 1 aromatic rings. The molecule has 1 fully saturated rings. The zero-order valence-electron chi connectivity index (χ0n) is 10.7. The first-order valence-electron chi connectivity index (χ1n) is 5.83. The van der Waals surface area contributed by atoms with Crippen LogP contribution in [0.1, 0.15) is 16.7 Å². The number of nitrogens with two attached hydrogens (primary N) is 1. The SMILES string of the molecule is C=C(C(N)=O)c1cc(C)c(OCC2CO2)c(C)c1. The van der Waals surface area contributed by atoms with Crippen LogP contribution in [0.3, 0.4) is 0 Å². The van der Waals surface area contributed by atoms with Crippen molar-refractivity contribution >= 4 is 11.5 Å². The minimum Gasteiger partial charge on any atom is -0.490 e. The Morgan fingerprint density at radius 2 is 2.06 bits per heavy atom. The summed E-state index contributed by atoms with van der Waals surface area (Å²) >= 11 is 0. The van der Waals surface area contributed by atoms with Gasteiger partial charge in [0.2, 0.25) is 5.91 Å². The van der Waals surface area contributed by atoms with Crippen molar-refractivity contribution in [3.05, 3.63) is 35.4 Å². The first-order valence-corrected chi connectivity index (χ1v) is 5.83. The first kappa shape index (κ1) is 12.6. The Morgan fingerprint density at radius 1 is 1.50 bits per heavy atom. The van der Waals surface area contributed by atoms with Crippen molar-refractivity contribution < 1.29 is 14.3 Å². The highest BCUT2D eigenvalue weighted by atomic mass is 16.6. The highest BCUT2D eigenvalue weighted by Gasteiger charge is 2.23. The third-order valence-corrected chi connectivity index (χ3v) is 2.92. The van der Waals surface area contributed by atoms with E-state index < -0.39 is 5.91 Å². The predicted molar refractivity (Wildman–Crippen MR) is 69.4 cm³/mol. The van der Waals surface area contributed by atoms with Gasteiger partial charge in [0, 0.05) is 5.57 Å². The topological polar surface area (TPSA) is 64.9 Å². The van der Waals surface area contributed by atoms with Crippen LogP contribution in [0.25, 0.3) is 5.57 Å². The molecule has 0 radical (unpaired) electrons. The minimum atomic E-state index is -0.506. The van der Waals surface area contributed by atoms with Crippen LogP contribution in [-0.2, 0) is 9.53 Å². The molecule has 1 atom stereocenters. The van der Waals surface area contributed by atoms with Crippen LogP contribution in [0.5, 0.6) is 5.75 Å². The molecule has 0 aliphatic carbocycles. The second-order valence-electron chi connectivity index (χ2n) is 4.55. The number of aryl methyl sites for hydroxylation is 2. The summed E-state index contributed by atoms with van der Waals surface area (Å²) in [5.74, 6) is 0.334. The number of rotatable bonds is 5. The minimum absolute atomic E-state index is 0.226. The maximum absolute atomic E-state index is 11.1. The summed E-state index contributed by atoms with van der Waals surface area (Å²) < 4.78 is 10.8. The molecule has 1 amide bonds. The van der Waals surface area contributed by atoms with E-state index in [2.05, 4.69) is 6.58 Å². The van der Waals surface area contributed by atoms with Crippen molar-refractivity contribution in [3.63, 3.8) is 0 Å². The van der Waals surface area contributed by atoms with Crippen LogP contribution in [0.2, 0.25) is 0 Å². The van der Waals surface area contributed by atoms with Crippen LogP contribution >= 0.6 is 0 Å². The number of epoxide rings is 1. The zero-order valence-corrected chi connectivity index (χ0v) is 10.7. The van der Waals surface area contributed by atoms with Crippen molar-refractivity contribution in [3.8, 4) is 5.75 Å². The highest BCUT2D eigenvalue weighted by Crippen LogP contribution is 2.28. The molecule has 4 heteroatoms. The Labute approximate surface area is 106 Å². The molecule has 4 nitrogen and oxygen atoms in total. The monoisotopic (exact) mass is 247 g/mol. The number of primary amides is 1. The van der Waals surface area contributed by atoms with E-state index in [1.165, 1.54) is 0 Å². The molecule has 0 saturated carbocycles. The van der Waals surface area contributed by atoms with Gasteiger partial charge in [0.15, 0.2) is 0 Å². The molecule has 1 unspecified atom stereocenters. The maximum atomic E-state index is 11.1. The fourth-order valence-electron chi connectivity index (χ4n) is 1.83. The maximum Gasteiger partial charge on any atom is 0.248 e. The van der Waals surface area contributed by atoms with Gasteiger partial charge >= 0.3 is 0 Å². The summed E-state index contributed by atoms with van der Waals surface area (Å²) in [6.07, 6.45) is 0.226. The molecule has 2 N–H and O–H groups in total. The van der Waals surface area contributed by atoms with E-state index in [4.69, 9.17) is 15.2 Å². The molecule has 0 bridgehead atoms. The summed E-state index contributed by atoms with van der Waals surface area (Å²) in [6.45, 7) is 8.90. The summed E-state index contributed by atoms with van der Waals surface area (Å²) in [4.78, 5) is 11.1. The third-order valence-electron chi connectivity index (χ3n) is 2.92. The van der Waals surface area contributed by atoms with E-state index in [1.807, 2.05) is 26.0 Å². The van der Waals surface area contributed by atoms with Crippen molar-refractivity contribution in [1.29, 1.82) is 0 Å². The van der Waals surface area contributed by atoms with Crippen LogP contribution in [0.4, 0.5) is 0 Å². The highest BCUT2D eigenvalue weighted by molar-refractivity contribution is 6.17. The normalized spacial score (nSPS) is 17.3. The average molecular weight is 247 g/mol. The van der Waals surface area contributed by atoms with E-state index in [0.717, 1.165) is 29.0 Å². The quantitative estimate of drug-likeness (QED) is 0.634. The number of ether oxygens (including phenoxy) is 2. The average Bonchev–Trinajstić information content (AvgIpc) is 3.10. The Kier molecular flexibility index (Phi) is 3.39. The van der Waals surface area contributed by atoms with Gasteiger partial charge in [-0.25, -0.2) is 0 Å². The molecule has 0 spiro atoms. The summed E-state index contributed by atoms with van der Waals surface area (Å²) in [7, 11) is 0. The number of hydrogen-bond acceptors (Lipinski definition) is 3. The molecule has 2 rings (SSSR count). The molecule has 18 heavy (non-hydrogen) atoms. The van der Waals surface area contributed by atoms with Crippen LogP contribution < -0.4 is 10.5 Å². The number of carbonyl (C=O) groups excluding carboxylic acids is 1.